The van der Waals surface area contributed by atoms with Crippen LogP contribution in [-0.4, -0.2) is 20.7 Å². The fraction of sp³-hybridized carbons (Fsp3) is 0.250. The first kappa shape index (κ1) is 13.0. The van der Waals surface area contributed by atoms with Gasteiger partial charge in [-0.05, 0) is 48.6 Å². The summed E-state index contributed by atoms with van der Waals surface area (Å²) in [6.07, 6.45) is 3.55. The fourth-order valence-corrected chi connectivity index (χ4v) is 1.90. The van der Waals surface area contributed by atoms with Gasteiger partial charge in [-0.1, -0.05) is 6.07 Å². The third kappa shape index (κ3) is 3.06. The number of carbonyl (C=O) groups is 1. The van der Waals surface area contributed by atoms with Crippen molar-refractivity contribution in [2.45, 2.75) is 19.9 Å². The first-order valence-corrected chi connectivity index (χ1v) is 6.58. The zero-order valence-electron chi connectivity index (χ0n) is 10.1. The van der Waals surface area contributed by atoms with Gasteiger partial charge in [0.2, 0.25) is 5.91 Å². The molecule has 1 amide bonds. The van der Waals surface area contributed by atoms with Crippen molar-refractivity contribution in [2.24, 2.45) is 0 Å². The lowest BCUT2D eigenvalue weighted by Gasteiger charge is -2.12. The van der Waals surface area contributed by atoms with Gasteiger partial charge in [-0.2, -0.15) is 5.10 Å². The number of hydrogen-bond donors (Lipinski definition) is 1. The van der Waals surface area contributed by atoms with Crippen LogP contribution in [0, 0.1) is 10.5 Å². The summed E-state index contributed by atoms with van der Waals surface area (Å²) >= 11 is 2.16. The molecule has 2 heterocycles. The van der Waals surface area contributed by atoms with Crippen LogP contribution < -0.4 is 5.32 Å². The Balaban J connectivity index is 2.08. The summed E-state index contributed by atoms with van der Waals surface area (Å²) in [6.45, 7) is 3.68. The molecule has 18 heavy (non-hydrogen) atoms. The van der Waals surface area contributed by atoms with Crippen LogP contribution in [0.3, 0.4) is 0 Å². The molecular formula is C12H13IN4O. The predicted octanol–water partition coefficient (Wildman–Crippen LogP) is 2.39. The highest BCUT2D eigenvalue weighted by Crippen LogP contribution is 2.11. The summed E-state index contributed by atoms with van der Waals surface area (Å²) in [5, 5.41) is 6.90. The van der Waals surface area contributed by atoms with Gasteiger partial charge >= 0.3 is 0 Å². The summed E-state index contributed by atoms with van der Waals surface area (Å²) in [6, 6.07) is 5.15. The Hall–Kier alpha value is -1.44. The summed E-state index contributed by atoms with van der Waals surface area (Å²) in [4.78, 5) is 16.3. The van der Waals surface area contributed by atoms with Crippen molar-refractivity contribution in [2.75, 3.05) is 5.32 Å². The van der Waals surface area contributed by atoms with Crippen molar-refractivity contribution in [3.05, 3.63) is 39.9 Å². The molecule has 6 heteroatoms. The van der Waals surface area contributed by atoms with Crippen molar-refractivity contribution in [3.8, 4) is 0 Å². The van der Waals surface area contributed by atoms with E-state index in [0.29, 0.717) is 5.82 Å². The SMILES string of the molecule is Cc1cccc(NC(=O)C(C)n2cc(I)cn2)n1. The summed E-state index contributed by atoms with van der Waals surface area (Å²) in [5.41, 5.74) is 0.870. The van der Waals surface area contributed by atoms with Crippen molar-refractivity contribution in [3.63, 3.8) is 0 Å². The number of anilines is 1. The minimum Gasteiger partial charge on any atom is -0.309 e. The molecule has 0 spiro atoms. The number of carbonyl (C=O) groups excluding carboxylic acids is 1. The molecule has 0 aliphatic carbocycles. The minimum absolute atomic E-state index is 0.132. The zero-order valence-corrected chi connectivity index (χ0v) is 12.2. The molecule has 1 atom stereocenters. The van der Waals surface area contributed by atoms with E-state index in [9.17, 15) is 4.79 Å². The number of aromatic nitrogens is 3. The van der Waals surface area contributed by atoms with E-state index in [1.165, 1.54) is 0 Å². The molecule has 2 aromatic heterocycles. The van der Waals surface area contributed by atoms with E-state index in [1.807, 2.05) is 25.3 Å². The molecule has 5 nitrogen and oxygen atoms in total. The van der Waals surface area contributed by atoms with Crippen molar-refractivity contribution < 1.29 is 4.79 Å². The number of aryl methyl sites for hydroxylation is 1. The highest BCUT2D eigenvalue weighted by atomic mass is 127. The van der Waals surface area contributed by atoms with Crippen LogP contribution >= 0.6 is 22.6 Å². The van der Waals surface area contributed by atoms with Gasteiger partial charge in [0.1, 0.15) is 11.9 Å². The van der Waals surface area contributed by atoms with E-state index < -0.39 is 0 Å². The average molecular weight is 356 g/mol. The molecule has 0 aromatic carbocycles. The smallest absolute Gasteiger partial charge is 0.250 e. The van der Waals surface area contributed by atoms with Gasteiger partial charge in [-0.3, -0.25) is 9.48 Å². The standard InChI is InChI=1S/C12H13IN4O/c1-8-4-3-5-11(15-8)16-12(18)9(2)17-7-10(13)6-14-17/h3-7,9H,1-2H3,(H,15,16,18). The van der Waals surface area contributed by atoms with Crippen LogP contribution in [0.1, 0.15) is 18.7 Å². The summed E-state index contributed by atoms with van der Waals surface area (Å²) in [5.74, 6) is 0.432. The number of pyridine rings is 1. The van der Waals surface area contributed by atoms with E-state index in [1.54, 1.807) is 23.9 Å². The fourth-order valence-electron chi connectivity index (χ4n) is 1.49. The maximum Gasteiger partial charge on any atom is 0.250 e. The monoisotopic (exact) mass is 356 g/mol. The zero-order chi connectivity index (χ0) is 13.1. The third-order valence-electron chi connectivity index (χ3n) is 2.49. The van der Waals surface area contributed by atoms with Crippen LogP contribution in [0.25, 0.3) is 0 Å². The van der Waals surface area contributed by atoms with Crippen molar-refractivity contribution in [1.29, 1.82) is 0 Å². The Bertz CT molecular complexity index is 567. The molecule has 1 unspecified atom stereocenters. The summed E-state index contributed by atoms with van der Waals surface area (Å²) < 4.78 is 2.63. The van der Waals surface area contributed by atoms with Crippen molar-refractivity contribution >= 4 is 34.3 Å². The second kappa shape index (κ2) is 5.47. The van der Waals surface area contributed by atoms with Gasteiger partial charge in [-0.15, -0.1) is 0 Å². The maximum atomic E-state index is 12.0. The van der Waals surface area contributed by atoms with Crippen LogP contribution in [0.5, 0.6) is 0 Å². The quantitative estimate of drug-likeness (QED) is 0.860. The number of amides is 1. The molecule has 0 aliphatic heterocycles. The number of nitrogens with zero attached hydrogens (tertiary/aromatic N) is 3. The third-order valence-corrected chi connectivity index (χ3v) is 3.04. The topological polar surface area (TPSA) is 59.8 Å². The van der Waals surface area contributed by atoms with E-state index >= 15 is 0 Å². The number of nitrogens with one attached hydrogen (secondary N) is 1. The van der Waals surface area contributed by atoms with Crippen LogP contribution in [-0.2, 0) is 4.79 Å². The number of hydrogen-bond acceptors (Lipinski definition) is 3. The van der Waals surface area contributed by atoms with E-state index in [0.717, 1.165) is 9.26 Å². The van der Waals surface area contributed by atoms with E-state index in [-0.39, 0.29) is 11.9 Å². The molecule has 94 valence electrons. The van der Waals surface area contributed by atoms with Gasteiger partial charge in [0.05, 0.1) is 9.77 Å². The van der Waals surface area contributed by atoms with Gasteiger partial charge in [0.25, 0.3) is 0 Å². The Morgan fingerprint density at radius 2 is 2.28 bits per heavy atom. The lowest BCUT2D eigenvalue weighted by Crippen LogP contribution is -2.24. The average Bonchev–Trinajstić information content (AvgIpc) is 2.75. The second-order valence-corrected chi connectivity index (χ2v) is 5.21. The van der Waals surface area contributed by atoms with Gasteiger partial charge in [-0.25, -0.2) is 4.98 Å². The molecule has 0 saturated carbocycles. The number of rotatable bonds is 3. The Labute approximate surface area is 119 Å². The molecule has 0 aliphatic rings. The molecule has 1 N–H and O–H groups in total. The number of halogens is 1. The van der Waals surface area contributed by atoms with E-state index in [4.69, 9.17) is 0 Å². The normalized spacial score (nSPS) is 12.2. The first-order valence-electron chi connectivity index (χ1n) is 5.50. The lowest BCUT2D eigenvalue weighted by molar-refractivity contribution is -0.119. The highest BCUT2D eigenvalue weighted by molar-refractivity contribution is 14.1. The Morgan fingerprint density at radius 3 is 2.89 bits per heavy atom. The largest absolute Gasteiger partial charge is 0.309 e. The molecule has 2 rings (SSSR count). The maximum absolute atomic E-state index is 12.0. The first-order chi connectivity index (χ1) is 8.56. The molecule has 2 aromatic rings. The van der Waals surface area contributed by atoms with E-state index in [2.05, 4.69) is 38.0 Å². The lowest BCUT2D eigenvalue weighted by atomic mass is 10.3. The summed E-state index contributed by atoms with van der Waals surface area (Å²) in [7, 11) is 0. The molecule has 0 radical (unpaired) electrons. The molecule has 0 saturated heterocycles. The van der Waals surface area contributed by atoms with Crippen molar-refractivity contribution in [1.82, 2.24) is 14.8 Å². The molecule has 0 fully saturated rings. The minimum atomic E-state index is -0.365. The second-order valence-electron chi connectivity index (χ2n) is 3.97. The van der Waals surface area contributed by atoms with Crippen LogP contribution in [0.15, 0.2) is 30.6 Å². The van der Waals surface area contributed by atoms with Crippen LogP contribution in [0.2, 0.25) is 0 Å². The Kier molecular flexibility index (Phi) is 3.95. The van der Waals surface area contributed by atoms with Gasteiger partial charge < -0.3 is 5.32 Å². The Morgan fingerprint density at radius 1 is 1.50 bits per heavy atom. The van der Waals surface area contributed by atoms with Gasteiger partial charge in [0, 0.05) is 11.9 Å². The van der Waals surface area contributed by atoms with Crippen LogP contribution in [0.4, 0.5) is 5.82 Å². The molecular weight excluding hydrogens is 343 g/mol. The predicted molar refractivity (Wildman–Crippen MR) is 77.3 cm³/mol. The van der Waals surface area contributed by atoms with Gasteiger partial charge in [0.15, 0.2) is 0 Å². The molecule has 0 bridgehead atoms. The highest BCUT2D eigenvalue weighted by Gasteiger charge is 2.16.